The number of carbonyl (C=O) groups excluding carboxylic acids is 1. The van der Waals surface area contributed by atoms with E-state index in [1.165, 1.54) is 0 Å². The summed E-state index contributed by atoms with van der Waals surface area (Å²) in [6.07, 6.45) is 4.22. The summed E-state index contributed by atoms with van der Waals surface area (Å²) < 4.78 is 22.1. The van der Waals surface area contributed by atoms with Crippen molar-refractivity contribution in [3.63, 3.8) is 0 Å². The van der Waals surface area contributed by atoms with Gasteiger partial charge in [-0.1, -0.05) is 25.5 Å². The number of rotatable bonds is 6. The van der Waals surface area contributed by atoms with Crippen LogP contribution in [0.3, 0.4) is 0 Å². The van der Waals surface area contributed by atoms with Crippen molar-refractivity contribution in [3.8, 4) is 5.75 Å². The Morgan fingerprint density at radius 1 is 1.26 bits per heavy atom. The van der Waals surface area contributed by atoms with Gasteiger partial charge in [-0.05, 0) is 36.8 Å². The SMILES string of the molecule is COCO[C@@H]1CC(CCO)OC(=O)c2c(cccc2OC)CCCC[C@@H]1C. The molecule has 1 aromatic carbocycles. The van der Waals surface area contributed by atoms with E-state index in [9.17, 15) is 9.90 Å². The number of hydrogen-bond acceptors (Lipinski definition) is 6. The second-order valence-electron chi connectivity index (χ2n) is 7.10. The lowest BCUT2D eigenvalue weighted by Crippen LogP contribution is -2.32. The van der Waals surface area contributed by atoms with E-state index in [-0.39, 0.29) is 19.5 Å². The van der Waals surface area contributed by atoms with Crippen molar-refractivity contribution in [2.24, 2.45) is 5.92 Å². The zero-order valence-corrected chi connectivity index (χ0v) is 16.6. The number of methoxy groups -OCH3 is 2. The Morgan fingerprint density at radius 2 is 2.07 bits per heavy atom. The summed E-state index contributed by atoms with van der Waals surface area (Å²) >= 11 is 0. The molecular weight excluding hydrogens is 348 g/mol. The number of cyclic esters (lactones) is 1. The first-order chi connectivity index (χ1) is 13.1. The summed E-state index contributed by atoms with van der Waals surface area (Å²) in [5.74, 6) is 0.432. The van der Waals surface area contributed by atoms with Crippen LogP contribution in [0.15, 0.2) is 18.2 Å². The number of benzene rings is 1. The average molecular weight is 380 g/mol. The third kappa shape index (κ3) is 6.19. The van der Waals surface area contributed by atoms with Crippen molar-refractivity contribution >= 4 is 5.97 Å². The van der Waals surface area contributed by atoms with Crippen LogP contribution < -0.4 is 4.74 Å². The van der Waals surface area contributed by atoms with Crippen molar-refractivity contribution < 1.29 is 28.8 Å². The molecule has 27 heavy (non-hydrogen) atoms. The van der Waals surface area contributed by atoms with Gasteiger partial charge >= 0.3 is 5.97 Å². The predicted molar refractivity (Wildman–Crippen MR) is 102 cm³/mol. The van der Waals surface area contributed by atoms with Crippen molar-refractivity contribution in [1.29, 1.82) is 0 Å². The summed E-state index contributed by atoms with van der Waals surface area (Å²) in [5, 5.41) is 9.44. The highest BCUT2D eigenvalue weighted by Gasteiger charge is 2.28. The minimum Gasteiger partial charge on any atom is -0.496 e. The highest BCUT2D eigenvalue weighted by Crippen LogP contribution is 2.29. The maximum Gasteiger partial charge on any atom is 0.342 e. The van der Waals surface area contributed by atoms with E-state index in [1.54, 1.807) is 20.3 Å². The van der Waals surface area contributed by atoms with Crippen LogP contribution >= 0.6 is 0 Å². The van der Waals surface area contributed by atoms with Gasteiger partial charge in [-0.25, -0.2) is 4.79 Å². The van der Waals surface area contributed by atoms with Crippen LogP contribution in [0.5, 0.6) is 5.75 Å². The Hall–Kier alpha value is -1.63. The molecule has 0 radical (unpaired) electrons. The lowest BCUT2D eigenvalue weighted by molar-refractivity contribution is -0.105. The molecule has 0 saturated carbocycles. The first-order valence-corrected chi connectivity index (χ1v) is 9.69. The zero-order valence-electron chi connectivity index (χ0n) is 16.6. The van der Waals surface area contributed by atoms with Gasteiger partial charge in [0.05, 0.1) is 13.2 Å². The summed E-state index contributed by atoms with van der Waals surface area (Å²) in [7, 11) is 3.15. The summed E-state index contributed by atoms with van der Waals surface area (Å²) in [5.41, 5.74) is 1.44. The predicted octanol–water partition coefficient (Wildman–Crippen LogP) is 3.34. The van der Waals surface area contributed by atoms with Crippen LogP contribution in [0.25, 0.3) is 0 Å². The molecular formula is C21H32O6. The first kappa shape index (κ1) is 21.7. The molecule has 1 unspecified atom stereocenters. The van der Waals surface area contributed by atoms with Crippen LogP contribution in [0.1, 0.15) is 54.9 Å². The number of ether oxygens (including phenoxy) is 4. The smallest absolute Gasteiger partial charge is 0.342 e. The van der Waals surface area contributed by atoms with Gasteiger partial charge in [0, 0.05) is 26.6 Å². The first-order valence-electron chi connectivity index (χ1n) is 9.69. The Labute approximate surface area is 161 Å². The van der Waals surface area contributed by atoms with E-state index in [1.807, 2.05) is 12.1 Å². The molecule has 2 rings (SSSR count). The molecule has 3 atom stereocenters. The summed E-state index contributed by atoms with van der Waals surface area (Å²) in [6.45, 7) is 2.30. The molecule has 0 aliphatic carbocycles. The van der Waals surface area contributed by atoms with E-state index >= 15 is 0 Å². The van der Waals surface area contributed by atoms with Crippen LogP contribution in [0.4, 0.5) is 0 Å². The molecule has 152 valence electrons. The molecule has 0 spiro atoms. The minimum absolute atomic E-state index is 0.0535. The summed E-state index contributed by atoms with van der Waals surface area (Å²) in [6, 6.07) is 5.64. The fourth-order valence-corrected chi connectivity index (χ4v) is 3.61. The normalized spacial score (nSPS) is 24.3. The van der Waals surface area contributed by atoms with Crippen molar-refractivity contribution in [1.82, 2.24) is 0 Å². The highest BCUT2D eigenvalue weighted by molar-refractivity contribution is 5.94. The molecule has 1 aliphatic rings. The van der Waals surface area contributed by atoms with Gasteiger partial charge < -0.3 is 24.1 Å². The number of aryl methyl sites for hydroxylation is 1. The molecule has 0 fully saturated rings. The molecule has 6 heteroatoms. The van der Waals surface area contributed by atoms with E-state index in [0.717, 1.165) is 31.2 Å². The lowest BCUT2D eigenvalue weighted by atomic mass is 9.91. The molecule has 1 aromatic rings. The second kappa shape index (κ2) is 11.3. The number of aliphatic hydroxyl groups excluding tert-OH is 1. The van der Waals surface area contributed by atoms with Crippen LogP contribution in [0, 0.1) is 5.92 Å². The van der Waals surface area contributed by atoms with Gasteiger partial charge in [0.15, 0.2) is 0 Å². The molecule has 0 saturated heterocycles. The van der Waals surface area contributed by atoms with Gasteiger partial charge in [-0.15, -0.1) is 0 Å². The molecule has 0 amide bonds. The molecule has 6 nitrogen and oxygen atoms in total. The van der Waals surface area contributed by atoms with Crippen LogP contribution in [-0.2, 0) is 20.6 Å². The van der Waals surface area contributed by atoms with Gasteiger partial charge in [-0.3, -0.25) is 0 Å². The fourth-order valence-electron chi connectivity index (χ4n) is 3.61. The largest absolute Gasteiger partial charge is 0.496 e. The molecule has 1 N–H and O–H groups in total. The summed E-state index contributed by atoms with van der Waals surface area (Å²) in [4.78, 5) is 12.9. The number of aliphatic hydroxyl groups is 1. The maximum atomic E-state index is 12.9. The lowest BCUT2D eigenvalue weighted by Gasteiger charge is -2.29. The Balaban J connectivity index is 2.30. The van der Waals surface area contributed by atoms with Crippen LogP contribution in [-0.4, -0.2) is 50.9 Å². The topological polar surface area (TPSA) is 74.2 Å². The van der Waals surface area contributed by atoms with Gasteiger partial charge in [0.25, 0.3) is 0 Å². The van der Waals surface area contributed by atoms with Crippen molar-refractivity contribution in [2.45, 2.75) is 57.7 Å². The third-order valence-corrected chi connectivity index (χ3v) is 5.15. The van der Waals surface area contributed by atoms with Gasteiger partial charge in [-0.2, -0.15) is 0 Å². The Kier molecular flexibility index (Phi) is 9.04. The average Bonchev–Trinajstić information content (AvgIpc) is 2.67. The minimum atomic E-state index is -0.427. The molecule has 0 aromatic heterocycles. The molecule has 1 aliphatic heterocycles. The van der Waals surface area contributed by atoms with E-state index < -0.39 is 12.1 Å². The number of esters is 1. The van der Waals surface area contributed by atoms with E-state index in [4.69, 9.17) is 18.9 Å². The van der Waals surface area contributed by atoms with Crippen LogP contribution in [0.2, 0.25) is 0 Å². The van der Waals surface area contributed by atoms with E-state index in [0.29, 0.717) is 30.1 Å². The van der Waals surface area contributed by atoms with Crippen molar-refractivity contribution in [2.75, 3.05) is 27.6 Å². The number of carbonyl (C=O) groups is 1. The quantitative estimate of drug-likeness (QED) is 0.603. The third-order valence-electron chi connectivity index (χ3n) is 5.15. The van der Waals surface area contributed by atoms with E-state index in [2.05, 4.69) is 6.92 Å². The molecule has 1 heterocycles. The number of hydrogen-bond donors (Lipinski definition) is 1. The monoisotopic (exact) mass is 380 g/mol. The van der Waals surface area contributed by atoms with Crippen molar-refractivity contribution in [3.05, 3.63) is 29.3 Å². The molecule has 0 bridgehead atoms. The van der Waals surface area contributed by atoms with Gasteiger partial charge in [0.1, 0.15) is 24.2 Å². The highest BCUT2D eigenvalue weighted by atomic mass is 16.7. The second-order valence-corrected chi connectivity index (χ2v) is 7.10. The Bertz CT molecular complexity index is 588. The maximum absolute atomic E-state index is 12.9. The Morgan fingerprint density at radius 3 is 2.78 bits per heavy atom. The fraction of sp³-hybridized carbons (Fsp3) is 0.667. The zero-order chi connectivity index (χ0) is 19.6. The van der Waals surface area contributed by atoms with Gasteiger partial charge in [0.2, 0.25) is 0 Å². The number of fused-ring (bicyclic) bond motifs is 1. The standard InChI is InChI=1S/C21H32O6/c1-15-7-4-5-8-16-9-6-10-18(25-3)20(16)21(23)27-17(11-12-22)13-19(15)26-14-24-2/h6,9-10,15,17,19,22H,4-5,7-8,11-14H2,1-3H3/t15-,17?,19+/m0/s1.